The van der Waals surface area contributed by atoms with Crippen molar-refractivity contribution in [3.8, 4) is 0 Å². The van der Waals surface area contributed by atoms with Crippen molar-refractivity contribution in [3.63, 3.8) is 0 Å². The van der Waals surface area contributed by atoms with Crippen LogP contribution in [0, 0.1) is 0 Å². The molecule has 0 saturated carbocycles. The second-order valence-corrected chi connectivity index (χ2v) is 5.05. The summed E-state index contributed by atoms with van der Waals surface area (Å²) in [6, 6.07) is 17.5. The third kappa shape index (κ3) is 2.62. The number of aryl methyl sites for hydroxylation is 2. The Kier molecular flexibility index (Phi) is 3.42. The van der Waals surface area contributed by atoms with Crippen molar-refractivity contribution in [2.45, 2.75) is 32.4 Å². The standard InChI is InChI=1S/C17H19N/c1-2-5-14(6-3-1)12-18-13-15-9-10-16-7-4-8-17(16)11-15/h1-3,5-6,9-11,18H,4,7-8,12-13H2. The molecule has 0 radical (unpaired) electrons. The molecule has 0 heterocycles. The minimum absolute atomic E-state index is 0.942. The lowest BCUT2D eigenvalue weighted by molar-refractivity contribution is 0.693. The zero-order valence-electron chi connectivity index (χ0n) is 10.7. The molecule has 1 aliphatic rings. The van der Waals surface area contributed by atoms with Gasteiger partial charge in [0.1, 0.15) is 0 Å². The van der Waals surface area contributed by atoms with Crippen LogP contribution in [0.15, 0.2) is 48.5 Å². The van der Waals surface area contributed by atoms with Gasteiger partial charge in [-0.15, -0.1) is 0 Å². The van der Waals surface area contributed by atoms with E-state index in [1.165, 1.54) is 30.4 Å². The molecule has 0 aromatic heterocycles. The average molecular weight is 237 g/mol. The number of benzene rings is 2. The molecule has 1 aliphatic carbocycles. The summed E-state index contributed by atoms with van der Waals surface area (Å²) < 4.78 is 0. The van der Waals surface area contributed by atoms with Crippen molar-refractivity contribution in [2.24, 2.45) is 0 Å². The summed E-state index contributed by atoms with van der Waals surface area (Å²) in [4.78, 5) is 0. The van der Waals surface area contributed by atoms with Crippen molar-refractivity contribution >= 4 is 0 Å². The molecule has 1 N–H and O–H groups in total. The van der Waals surface area contributed by atoms with Gasteiger partial charge in [0.25, 0.3) is 0 Å². The first-order valence-electron chi connectivity index (χ1n) is 6.77. The van der Waals surface area contributed by atoms with Gasteiger partial charge in [0.2, 0.25) is 0 Å². The van der Waals surface area contributed by atoms with Gasteiger partial charge in [-0.05, 0) is 41.5 Å². The van der Waals surface area contributed by atoms with Crippen LogP contribution in [0.25, 0.3) is 0 Å². The van der Waals surface area contributed by atoms with Crippen LogP contribution in [-0.2, 0) is 25.9 Å². The van der Waals surface area contributed by atoms with Gasteiger partial charge in [0.15, 0.2) is 0 Å². The molecule has 0 spiro atoms. The highest BCUT2D eigenvalue weighted by Crippen LogP contribution is 2.22. The summed E-state index contributed by atoms with van der Waals surface area (Å²) in [5.74, 6) is 0. The summed E-state index contributed by atoms with van der Waals surface area (Å²) in [6.07, 6.45) is 3.87. The smallest absolute Gasteiger partial charge is 0.0208 e. The van der Waals surface area contributed by atoms with E-state index in [-0.39, 0.29) is 0 Å². The summed E-state index contributed by atoms with van der Waals surface area (Å²) in [6.45, 7) is 1.90. The molecule has 0 saturated heterocycles. The average Bonchev–Trinajstić information content (AvgIpc) is 2.87. The van der Waals surface area contributed by atoms with Crippen LogP contribution < -0.4 is 5.32 Å². The SMILES string of the molecule is c1ccc(CNCc2ccc3c(c2)CCC3)cc1. The van der Waals surface area contributed by atoms with Gasteiger partial charge in [0.05, 0.1) is 0 Å². The van der Waals surface area contributed by atoms with E-state index < -0.39 is 0 Å². The highest BCUT2D eigenvalue weighted by Gasteiger charge is 2.10. The van der Waals surface area contributed by atoms with Gasteiger partial charge in [-0.2, -0.15) is 0 Å². The number of hydrogen-bond donors (Lipinski definition) is 1. The molecule has 2 aromatic carbocycles. The van der Waals surface area contributed by atoms with Crippen LogP contribution in [0.2, 0.25) is 0 Å². The number of nitrogens with one attached hydrogen (secondary N) is 1. The lowest BCUT2D eigenvalue weighted by Crippen LogP contribution is -2.12. The quantitative estimate of drug-likeness (QED) is 0.858. The molecular weight excluding hydrogens is 218 g/mol. The van der Waals surface area contributed by atoms with Gasteiger partial charge in [-0.25, -0.2) is 0 Å². The summed E-state index contributed by atoms with van der Waals surface area (Å²) in [5, 5.41) is 3.51. The monoisotopic (exact) mass is 237 g/mol. The van der Waals surface area contributed by atoms with Gasteiger partial charge >= 0.3 is 0 Å². The van der Waals surface area contributed by atoms with E-state index >= 15 is 0 Å². The molecule has 0 unspecified atom stereocenters. The predicted molar refractivity (Wildman–Crippen MR) is 75.5 cm³/mol. The Hall–Kier alpha value is -1.60. The fourth-order valence-electron chi connectivity index (χ4n) is 2.68. The molecule has 1 nitrogen and oxygen atoms in total. The highest BCUT2D eigenvalue weighted by atomic mass is 14.8. The highest BCUT2D eigenvalue weighted by molar-refractivity contribution is 5.35. The third-order valence-corrected chi connectivity index (χ3v) is 3.66. The van der Waals surface area contributed by atoms with Crippen LogP contribution in [0.1, 0.15) is 28.7 Å². The predicted octanol–water partition coefficient (Wildman–Crippen LogP) is 3.47. The van der Waals surface area contributed by atoms with Crippen LogP contribution in [0.5, 0.6) is 0 Å². The van der Waals surface area contributed by atoms with Crippen LogP contribution in [0.3, 0.4) is 0 Å². The molecule has 0 fully saturated rings. The zero-order chi connectivity index (χ0) is 12.2. The summed E-state index contributed by atoms with van der Waals surface area (Å²) in [5.41, 5.74) is 5.88. The number of fused-ring (bicyclic) bond motifs is 1. The normalized spacial score (nSPS) is 13.6. The first kappa shape index (κ1) is 11.5. The Labute approximate surface area is 109 Å². The largest absolute Gasteiger partial charge is 0.309 e. The van der Waals surface area contributed by atoms with E-state index in [9.17, 15) is 0 Å². The summed E-state index contributed by atoms with van der Waals surface area (Å²) >= 11 is 0. The van der Waals surface area contributed by atoms with E-state index in [1.807, 2.05) is 0 Å². The molecule has 0 amide bonds. The fourth-order valence-corrected chi connectivity index (χ4v) is 2.68. The Morgan fingerprint density at radius 1 is 0.778 bits per heavy atom. The fraction of sp³-hybridized carbons (Fsp3) is 0.294. The third-order valence-electron chi connectivity index (χ3n) is 3.66. The van der Waals surface area contributed by atoms with E-state index in [0.29, 0.717) is 0 Å². The number of hydrogen-bond acceptors (Lipinski definition) is 1. The lowest BCUT2D eigenvalue weighted by atomic mass is 10.1. The zero-order valence-corrected chi connectivity index (χ0v) is 10.7. The maximum Gasteiger partial charge on any atom is 0.0208 e. The van der Waals surface area contributed by atoms with E-state index in [2.05, 4.69) is 53.8 Å². The second kappa shape index (κ2) is 5.36. The minimum Gasteiger partial charge on any atom is -0.309 e. The van der Waals surface area contributed by atoms with Gasteiger partial charge in [-0.3, -0.25) is 0 Å². The Morgan fingerprint density at radius 3 is 2.44 bits per heavy atom. The molecule has 0 atom stereocenters. The topological polar surface area (TPSA) is 12.0 Å². The van der Waals surface area contributed by atoms with E-state index in [0.717, 1.165) is 13.1 Å². The first-order chi connectivity index (χ1) is 8.92. The molecule has 0 aliphatic heterocycles. The minimum atomic E-state index is 0.942. The van der Waals surface area contributed by atoms with Crippen LogP contribution in [0.4, 0.5) is 0 Å². The van der Waals surface area contributed by atoms with Gasteiger partial charge in [0, 0.05) is 13.1 Å². The molecule has 2 aromatic rings. The molecule has 1 heteroatoms. The Balaban J connectivity index is 1.57. The maximum atomic E-state index is 3.51. The molecule has 18 heavy (non-hydrogen) atoms. The van der Waals surface area contributed by atoms with Crippen molar-refractivity contribution in [2.75, 3.05) is 0 Å². The Morgan fingerprint density at radius 2 is 1.56 bits per heavy atom. The molecular formula is C17H19N. The van der Waals surface area contributed by atoms with Crippen LogP contribution in [-0.4, -0.2) is 0 Å². The Bertz CT molecular complexity index is 516. The second-order valence-electron chi connectivity index (χ2n) is 5.05. The van der Waals surface area contributed by atoms with E-state index in [1.54, 1.807) is 11.1 Å². The van der Waals surface area contributed by atoms with Crippen molar-refractivity contribution in [1.82, 2.24) is 5.32 Å². The molecule has 3 rings (SSSR count). The van der Waals surface area contributed by atoms with Crippen LogP contribution >= 0.6 is 0 Å². The van der Waals surface area contributed by atoms with Crippen molar-refractivity contribution in [1.29, 1.82) is 0 Å². The first-order valence-corrected chi connectivity index (χ1v) is 6.77. The molecule has 0 bridgehead atoms. The number of rotatable bonds is 4. The van der Waals surface area contributed by atoms with Crippen molar-refractivity contribution in [3.05, 3.63) is 70.8 Å². The molecule has 92 valence electrons. The van der Waals surface area contributed by atoms with E-state index in [4.69, 9.17) is 0 Å². The van der Waals surface area contributed by atoms with Gasteiger partial charge in [-0.1, -0.05) is 48.5 Å². The lowest BCUT2D eigenvalue weighted by Gasteiger charge is -2.07. The summed E-state index contributed by atoms with van der Waals surface area (Å²) in [7, 11) is 0. The van der Waals surface area contributed by atoms with Crippen molar-refractivity contribution < 1.29 is 0 Å². The van der Waals surface area contributed by atoms with Gasteiger partial charge < -0.3 is 5.32 Å². The maximum absolute atomic E-state index is 3.51.